The van der Waals surface area contributed by atoms with Gasteiger partial charge in [0.25, 0.3) is 0 Å². The maximum absolute atomic E-state index is 11.5. The summed E-state index contributed by atoms with van der Waals surface area (Å²) in [5.74, 6) is 0.310. The Kier molecular flexibility index (Phi) is 7.71. The molecule has 0 saturated heterocycles. The zero-order chi connectivity index (χ0) is 12.6. The van der Waals surface area contributed by atoms with Crippen molar-refractivity contribution in [3.63, 3.8) is 0 Å². The molecule has 0 aromatic carbocycles. The van der Waals surface area contributed by atoms with Gasteiger partial charge in [-0.3, -0.25) is 0 Å². The van der Waals surface area contributed by atoms with Crippen LogP contribution in [0.25, 0.3) is 0 Å². The van der Waals surface area contributed by atoms with Gasteiger partial charge in [0.1, 0.15) is 0 Å². The van der Waals surface area contributed by atoms with Crippen LogP contribution >= 0.6 is 15.9 Å². The summed E-state index contributed by atoms with van der Waals surface area (Å²) in [6.07, 6.45) is 10.1. The molecular formula is C12H24BrNO2S. The highest BCUT2D eigenvalue weighted by atomic mass is 79.9. The summed E-state index contributed by atoms with van der Waals surface area (Å²) in [6, 6.07) is 0.254. The standard InChI is InChI=1S/C12H24BrNO2S/c13-10-6-4-2-1-3-5-7-11-17(15,16)14-12-8-9-12/h12,14H,1-11H2. The number of hydrogen-bond donors (Lipinski definition) is 1. The van der Waals surface area contributed by atoms with Gasteiger partial charge in [-0.05, 0) is 25.7 Å². The van der Waals surface area contributed by atoms with Crippen LogP contribution in [0.4, 0.5) is 0 Å². The molecule has 0 amide bonds. The van der Waals surface area contributed by atoms with E-state index >= 15 is 0 Å². The average Bonchev–Trinajstić information content (AvgIpc) is 3.05. The minimum Gasteiger partial charge on any atom is -0.212 e. The van der Waals surface area contributed by atoms with Crippen LogP contribution in [0.5, 0.6) is 0 Å². The van der Waals surface area contributed by atoms with Gasteiger partial charge in [-0.1, -0.05) is 48.0 Å². The molecule has 1 N–H and O–H groups in total. The quantitative estimate of drug-likeness (QED) is 0.468. The molecule has 1 rings (SSSR count). The molecule has 0 radical (unpaired) electrons. The van der Waals surface area contributed by atoms with Gasteiger partial charge in [-0.25, -0.2) is 13.1 Å². The first-order chi connectivity index (χ1) is 8.14. The van der Waals surface area contributed by atoms with Crippen molar-refractivity contribution in [2.75, 3.05) is 11.1 Å². The third-order valence-electron chi connectivity index (χ3n) is 2.97. The van der Waals surface area contributed by atoms with Crippen LogP contribution in [-0.2, 0) is 10.0 Å². The molecule has 0 heterocycles. The minimum atomic E-state index is -2.98. The topological polar surface area (TPSA) is 46.2 Å². The van der Waals surface area contributed by atoms with Crippen LogP contribution in [0.3, 0.4) is 0 Å². The van der Waals surface area contributed by atoms with Crippen LogP contribution in [-0.4, -0.2) is 25.5 Å². The minimum absolute atomic E-state index is 0.254. The van der Waals surface area contributed by atoms with E-state index in [9.17, 15) is 8.42 Å². The summed E-state index contributed by atoms with van der Waals surface area (Å²) < 4.78 is 25.8. The Hall–Kier alpha value is 0.390. The van der Waals surface area contributed by atoms with E-state index < -0.39 is 10.0 Å². The Labute approximate surface area is 114 Å². The Balaban J connectivity index is 1.89. The fourth-order valence-corrected chi connectivity index (χ4v) is 3.63. The van der Waals surface area contributed by atoms with Gasteiger partial charge < -0.3 is 0 Å². The lowest BCUT2D eigenvalue weighted by atomic mass is 10.1. The van der Waals surface area contributed by atoms with Gasteiger partial charge in [-0.15, -0.1) is 0 Å². The number of nitrogens with one attached hydrogen (secondary N) is 1. The van der Waals surface area contributed by atoms with Crippen LogP contribution in [0, 0.1) is 0 Å². The summed E-state index contributed by atoms with van der Waals surface area (Å²) >= 11 is 3.42. The third-order valence-corrected chi connectivity index (χ3v) is 5.05. The van der Waals surface area contributed by atoms with Crippen molar-refractivity contribution < 1.29 is 8.42 Å². The first-order valence-electron chi connectivity index (χ1n) is 6.70. The normalized spacial score (nSPS) is 16.3. The van der Waals surface area contributed by atoms with E-state index in [1.807, 2.05) is 0 Å². The second-order valence-electron chi connectivity index (χ2n) is 4.87. The first kappa shape index (κ1) is 15.4. The van der Waals surface area contributed by atoms with E-state index in [0.29, 0.717) is 5.75 Å². The highest BCUT2D eigenvalue weighted by Crippen LogP contribution is 2.20. The molecule has 1 aliphatic rings. The monoisotopic (exact) mass is 325 g/mol. The Morgan fingerprint density at radius 2 is 1.47 bits per heavy atom. The van der Waals surface area contributed by atoms with Gasteiger partial charge in [-0.2, -0.15) is 0 Å². The number of hydrogen-bond acceptors (Lipinski definition) is 2. The summed E-state index contributed by atoms with van der Waals surface area (Å²) in [4.78, 5) is 0. The molecule has 0 unspecified atom stereocenters. The number of rotatable bonds is 11. The molecule has 0 atom stereocenters. The van der Waals surface area contributed by atoms with E-state index in [0.717, 1.165) is 31.0 Å². The number of alkyl halides is 1. The summed E-state index contributed by atoms with van der Waals surface area (Å²) in [7, 11) is -2.98. The lowest BCUT2D eigenvalue weighted by Crippen LogP contribution is -2.28. The van der Waals surface area contributed by atoms with Crippen molar-refractivity contribution in [1.29, 1.82) is 0 Å². The molecule has 0 aromatic heterocycles. The van der Waals surface area contributed by atoms with Crippen LogP contribution in [0.2, 0.25) is 0 Å². The van der Waals surface area contributed by atoms with E-state index in [1.54, 1.807) is 0 Å². The zero-order valence-electron chi connectivity index (χ0n) is 10.5. The van der Waals surface area contributed by atoms with Crippen molar-refractivity contribution in [2.45, 2.75) is 63.8 Å². The lowest BCUT2D eigenvalue weighted by molar-refractivity contribution is 0.568. The molecule has 0 bridgehead atoms. The maximum Gasteiger partial charge on any atom is 0.211 e. The van der Waals surface area contributed by atoms with E-state index in [1.165, 1.54) is 32.1 Å². The second kappa shape index (κ2) is 8.48. The zero-order valence-corrected chi connectivity index (χ0v) is 12.9. The first-order valence-corrected chi connectivity index (χ1v) is 9.47. The van der Waals surface area contributed by atoms with Gasteiger partial charge >= 0.3 is 0 Å². The van der Waals surface area contributed by atoms with E-state index in [2.05, 4.69) is 20.7 Å². The van der Waals surface area contributed by atoms with Crippen molar-refractivity contribution in [2.24, 2.45) is 0 Å². The van der Waals surface area contributed by atoms with Crippen molar-refractivity contribution >= 4 is 26.0 Å². The number of halogens is 1. The fourth-order valence-electron chi connectivity index (χ4n) is 1.78. The molecule has 1 fully saturated rings. The highest BCUT2D eigenvalue weighted by molar-refractivity contribution is 9.09. The summed E-state index contributed by atoms with van der Waals surface area (Å²) in [5, 5.41) is 1.10. The van der Waals surface area contributed by atoms with Crippen molar-refractivity contribution in [1.82, 2.24) is 4.72 Å². The average molecular weight is 326 g/mol. The van der Waals surface area contributed by atoms with Crippen LogP contribution in [0.1, 0.15) is 57.8 Å². The Morgan fingerprint density at radius 1 is 0.941 bits per heavy atom. The van der Waals surface area contributed by atoms with Gasteiger partial charge in [0, 0.05) is 11.4 Å². The second-order valence-corrected chi connectivity index (χ2v) is 7.54. The Bertz CT molecular complexity index is 289. The number of sulfonamides is 1. The molecule has 0 spiro atoms. The molecule has 1 aliphatic carbocycles. The van der Waals surface area contributed by atoms with Gasteiger partial charge in [0.05, 0.1) is 5.75 Å². The fraction of sp³-hybridized carbons (Fsp3) is 1.00. The van der Waals surface area contributed by atoms with E-state index in [-0.39, 0.29) is 6.04 Å². The van der Waals surface area contributed by atoms with Gasteiger partial charge in [0.2, 0.25) is 10.0 Å². The predicted molar refractivity (Wildman–Crippen MR) is 76.1 cm³/mol. The summed E-state index contributed by atoms with van der Waals surface area (Å²) in [6.45, 7) is 0. The van der Waals surface area contributed by atoms with Gasteiger partial charge in [0.15, 0.2) is 0 Å². The molecule has 5 heteroatoms. The van der Waals surface area contributed by atoms with Crippen LogP contribution in [0.15, 0.2) is 0 Å². The molecule has 1 saturated carbocycles. The molecule has 3 nitrogen and oxygen atoms in total. The molecule has 0 aromatic rings. The number of unbranched alkanes of at least 4 members (excludes halogenated alkanes) is 6. The predicted octanol–water partition coefficient (Wildman–Crippen LogP) is 3.19. The largest absolute Gasteiger partial charge is 0.212 e. The van der Waals surface area contributed by atoms with Crippen molar-refractivity contribution in [3.8, 4) is 0 Å². The Morgan fingerprint density at radius 3 is 2.00 bits per heavy atom. The maximum atomic E-state index is 11.5. The van der Waals surface area contributed by atoms with Crippen molar-refractivity contribution in [3.05, 3.63) is 0 Å². The summed E-state index contributed by atoms with van der Waals surface area (Å²) in [5.41, 5.74) is 0. The molecular weight excluding hydrogens is 302 g/mol. The van der Waals surface area contributed by atoms with Crippen LogP contribution < -0.4 is 4.72 Å². The third kappa shape index (κ3) is 9.03. The molecule has 17 heavy (non-hydrogen) atoms. The molecule has 0 aliphatic heterocycles. The highest BCUT2D eigenvalue weighted by Gasteiger charge is 2.26. The smallest absolute Gasteiger partial charge is 0.211 e. The van der Waals surface area contributed by atoms with E-state index in [4.69, 9.17) is 0 Å². The SMILES string of the molecule is O=S(=O)(CCCCCCCCCBr)NC1CC1. The molecule has 102 valence electrons. The lowest BCUT2D eigenvalue weighted by Gasteiger charge is -2.05.